The predicted molar refractivity (Wildman–Crippen MR) is 122 cm³/mol. The Bertz CT molecular complexity index is 1150. The van der Waals surface area contributed by atoms with E-state index < -0.39 is 5.97 Å². The molecule has 0 spiro atoms. The van der Waals surface area contributed by atoms with E-state index in [0.717, 1.165) is 5.56 Å². The van der Waals surface area contributed by atoms with Gasteiger partial charge in [0.2, 0.25) is 0 Å². The van der Waals surface area contributed by atoms with Gasteiger partial charge in [-0.1, -0.05) is 29.8 Å². The maximum atomic E-state index is 12.8. The lowest BCUT2D eigenvalue weighted by molar-refractivity contribution is 0.0732. The zero-order valence-corrected chi connectivity index (χ0v) is 18.5. The molecule has 0 saturated heterocycles. The van der Waals surface area contributed by atoms with Crippen molar-refractivity contribution in [2.45, 2.75) is 0 Å². The predicted octanol–water partition coefficient (Wildman–Crippen LogP) is 5.48. The van der Waals surface area contributed by atoms with Gasteiger partial charge in [0.1, 0.15) is 11.5 Å². The zero-order chi connectivity index (χ0) is 23.1. The second-order valence-electron chi connectivity index (χ2n) is 6.57. The molecule has 164 valence electrons. The second-order valence-corrected chi connectivity index (χ2v) is 7.01. The summed E-state index contributed by atoms with van der Waals surface area (Å²) >= 11 is 5.89. The van der Waals surface area contributed by atoms with E-state index in [1.165, 1.54) is 39.5 Å². The number of halogens is 1. The van der Waals surface area contributed by atoms with Crippen molar-refractivity contribution in [3.05, 3.63) is 88.5 Å². The molecule has 3 rings (SSSR count). The second kappa shape index (κ2) is 10.5. The summed E-state index contributed by atoms with van der Waals surface area (Å²) in [5.41, 5.74) is 1.26. The summed E-state index contributed by atoms with van der Waals surface area (Å²) in [4.78, 5) is 25.6. The molecule has 0 N–H and O–H groups in total. The fourth-order valence-electron chi connectivity index (χ4n) is 2.88. The summed E-state index contributed by atoms with van der Waals surface area (Å²) in [6.07, 6.45) is 3.06. The monoisotopic (exact) mass is 452 g/mol. The Morgan fingerprint density at radius 1 is 0.781 bits per heavy atom. The van der Waals surface area contributed by atoms with Crippen molar-refractivity contribution in [3.8, 4) is 23.0 Å². The van der Waals surface area contributed by atoms with Gasteiger partial charge in [0, 0.05) is 11.1 Å². The molecule has 0 radical (unpaired) electrons. The van der Waals surface area contributed by atoms with Gasteiger partial charge in [0.15, 0.2) is 17.3 Å². The van der Waals surface area contributed by atoms with Crippen LogP contribution in [0.25, 0.3) is 6.08 Å². The number of benzene rings is 3. The van der Waals surface area contributed by atoms with Crippen LogP contribution in [0.3, 0.4) is 0 Å². The number of allylic oxidation sites excluding steroid dienone is 1. The first-order chi connectivity index (χ1) is 15.4. The van der Waals surface area contributed by atoms with Crippen molar-refractivity contribution in [1.29, 1.82) is 0 Å². The minimum Gasteiger partial charge on any atom is -0.497 e. The number of ketones is 1. The maximum Gasteiger partial charge on any atom is 0.343 e. The van der Waals surface area contributed by atoms with Crippen LogP contribution in [-0.2, 0) is 0 Å². The lowest BCUT2D eigenvalue weighted by Crippen LogP contribution is -2.11. The molecule has 0 aromatic heterocycles. The first-order valence-corrected chi connectivity index (χ1v) is 9.93. The zero-order valence-electron chi connectivity index (χ0n) is 17.8. The summed E-state index contributed by atoms with van der Waals surface area (Å²) < 4.78 is 21.2. The van der Waals surface area contributed by atoms with Crippen LogP contribution in [0.1, 0.15) is 26.3 Å². The Kier molecular flexibility index (Phi) is 7.52. The van der Waals surface area contributed by atoms with Crippen LogP contribution in [0.4, 0.5) is 0 Å². The molecule has 0 aliphatic carbocycles. The van der Waals surface area contributed by atoms with Gasteiger partial charge in [-0.25, -0.2) is 4.79 Å². The normalized spacial score (nSPS) is 10.6. The molecule has 0 aliphatic heterocycles. The molecular formula is C25H21ClO6. The van der Waals surface area contributed by atoms with Gasteiger partial charge >= 0.3 is 5.97 Å². The van der Waals surface area contributed by atoms with Gasteiger partial charge in [-0.15, -0.1) is 0 Å². The summed E-state index contributed by atoms with van der Waals surface area (Å²) in [5, 5.41) is 0.605. The number of carbonyl (C=O) groups excluding carboxylic acids is 2. The number of hydrogen-bond donors (Lipinski definition) is 0. The molecule has 0 atom stereocenters. The van der Waals surface area contributed by atoms with Crippen molar-refractivity contribution in [2.75, 3.05) is 21.3 Å². The molecule has 0 unspecified atom stereocenters. The van der Waals surface area contributed by atoms with E-state index in [-0.39, 0.29) is 22.7 Å². The molecule has 32 heavy (non-hydrogen) atoms. The van der Waals surface area contributed by atoms with Crippen molar-refractivity contribution in [3.63, 3.8) is 0 Å². The molecule has 0 amide bonds. The summed E-state index contributed by atoms with van der Waals surface area (Å²) in [7, 11) is 4.46. The topological polar surface area (TPSA) is 71.1 Å². The number of methoxy groups -OCH3 is 3. The maximum absolute atomic E-state index is 12.8. The van der Waals surface area contributed by atoms with Crippen molar-refractivity contribution < 1.29 is 28.5 Å². The quantitative estimate of drug-likeness (QED) is 0.195. The van der Waals surface area contributed by atoms with Crippen LogP contribution in [0.15, 0.2) is 66.7 Å². The molecule has 0 fully saturated rings. The van der Waals surface area contributed by atoms with Gasteiger partial charge in [-0.05, 0) is 54.1 Å². The van der Waals surface area contributed by atoms with Crippen molar-refractivity contribution in [2.24, 2.45) is 0 Å². The average molecular weight is 453 g/mol. The van der Waals surface area contributed by atoms with E-state index in [2.05, 4.69) is 0 Å². The van der Waals surface area contributed by atoms with Gasteiger partial charge in [0.25, 0.3) is 0 Å². The van der Waals surface area contributed by atoms with Gasteiger partial charge in [-0.3, -0.25) is 4.79 Å². The molecule has 3 aromatic rings. The highest BCUT2D eigenvalue weighted by Crippen LogP contribution is 2.30. The molecule has 6 nitrogen and oxygen atoms in total. The van der Waals surface area contributed by atoms with Crippen LogP contribution < -0.4 is 18.9 Å². The lowest BCUT2D eigenvalue weighted by Gasteiger charge is -2.12. The van der Waals surface area contributed by atoms with Crippen LogP contribution in [0, 0.1) is 0 Å². The van der Waals surface area contributed by atoms with E-state index in [9.17, 15) is 9.59 Å². The Morgan fingerprint density at radius 2 is 1.50 bits per heavy atom. The van der Waals surface area contributed by atoms with E-state index in [1.807, 2.05) is 0 Å². The molecule has 0 bridgehead atoms. The summed E-state index contributed by atoms with van der Waals surface area (Å²) in [6, 6.07) is 16.3. The van der Waals surface area contributed by atoms with Gasteiger partial charge < -0.3 is 18.9 Å². The minimum absolute atomic E-state index is 0.0786. The highest BCUT2D eigenvalue weighted by atomic mass is 35.5. The number of ether oxygens (including phenoxy) is 4. The Labute approximate surface area is 190 Å². The standard InChI is InChI=1S/C25H21ClO6/c1-29-19-10-11-20(21(27)12-6-16-4-8-18(26)9-5-16)23(15-19)32-25(28)17-7-13-22(30-2)24(14-17)31-3/h4-15H,1-3H3/b12-6+. The fourth-order valence-corrected chi connectivity index (χ4v) is 3.00. The van der Waals surface area contributed by atoms with E-state index in [4.69, 9.17) is 30.5 Å². The highest BCUT2D eigenvalue weighted by molar-refractivity contribution is 6.30. The molecule has 7 heteroatoms. The lowest BCUT2D eigenvalue weighted by atomic mass is 10.1. The van der Waals surface area contributed by atoms with Crippen LogP contribution in [0.5, 0.6) is 23.0 Å². The molecule has 0 heterocycles. The van der Waals surface area contributed by atoms with E-state index >= 15 is 0 Å². The Morgan fingerprint density at radius 3 is 2.16 bits per heavy atom. The van der Waals surface area contributed by atoms with Gasteiger partial charge in [-0.2, -0.15) is 0 Å². The summed E-state index contributed by atoms with van der Waals surface area (Å²) in [6.45, 7) is 0. The number of carbonyl (C=O) groups is 2. The first kappa shape index (κ1) is 22.9. The molecular weight excluding hydrogens is 432 g/mol. The first-order valence-electron chi connectivity index (χ1n) is 9.55. The fraction of sp³-hybridized carbons (Fsp3) is 0.120. The third-order valence-corrected chi connectivity index (χ3v) is 4.83. The minimum atomic E-state index is -0.657. The smallest absolute Gasteiger partial charge is 0.343 e. The number of hydrogen-bond acceptors (Lipinski definition) is 6. The molecule has 3 aromatic carbocycles. The van der Waals surface area contributed by atoms with Crippen LogP contribution in [0.2, 0.25) is 5.02 Å². The molecule has 0 saturated carbocycles. The van der Waals surface area contributed by atoms with Crippen molar-refractivity contribution >= 4 is 29.4 Å². The molecule has 0 aliphatic rings. The third kappa shape index (κ3) is 5.47. The van der Waals surface area contributed by atoms with E-state index in [0.29, 0.717) is 22.3 Å². The van der Waals surface area contributed by atoms with Crippen LogP contribution in [-0.4, -0.2) is 33.1 Å². The average Bonchev–Trinajstić information content (AvgIpc) is 2.82. The van der Waals surface area contributed by atoms with Crippen molar-refractivity contribution in [1.82, 2.24) is 0 Å². The Balaban J connectivity index is 1.88. The number of rotatable bonds is 8. The highest BCUT2D eigenvalue weighted by Gasteiger charge is 2.18. The third-order valence-electron chi connectivity index (χ3n) is 4.57. The summed E-state index contributed by atoms with van der Waals surface area (Å²) in [5.74, 6) is 0.393. The van der Waals surface area contributed by atoms with E-state index in [1.54, 1.807) is 54.6 Å². The van der Waals surface area contributed by atoms with Crippen LogP contribution >= 0.6 is 11.6 Å². The van der Waals surface area contributed by atoms with Gasteiger partial charge in [0.05, 0.1) is 32.5 Å². The number of esters is 1. The Hall–Kier alpha value is -3.77. The SMILES string of the molecule is COc1ccc(C(=O)/C=C/c2ccc(Cl)cc2)c(OC(=O)c2ccc(OC)c(OC)c2)c1. The largest absolute Gasteiger partial charge is 0.497 e.